The van der Waals surface area contributed by atoms with Crippen molar-refractivity contribution in [1.29, 1.82) is 0 Å². The number of rotatable bonds is 2. The summed E-state index contributed by atoms with van der Waals surface area (Å²) >= 11 is 0. The van der Waals surface area contributed by atoms with Crippen molar-refractivity contribution in [3.05, 3.63) is 17.6 Å². The first-order chi connectivity index (χ1) is 12.6. The van der Waals surface area contributed by atoms with Crippen molar-refractivity contribution in [2.45, 2.75) is 44.5 Å². The highest BCUT2D eigenvalue weighted by atomic mass is 32.2. The molecule has 0 radical (unpaired) electrons. The molecule has 0 saturated carbocycles. The molecule has 2 aliphatic heterocycles. The summed E-state index contributed by atoms with van der Waals surface area (Å²) in [6.45, 7) is 7.51. The zero-order valence-electron chi connectivity index (χ0n) is 15.9. The van der Waals surface area contributed by atoms with E-state index in [-0.39, 0.29) is 24.2 Å². The highest BCUT2D eigenvalue weighted by Gasteiger charge is 2.57. The van der Waals surface area contributed by atoms with E-state index in [1.54, 1.807) is 20.8 Å². The molecular weight excluding hydrogens is 401 g/mol. The Hall–Kier alpha value is -1.95. The van der Waals surface area contributed by atoms with Gasteiger partial charge in [-0.1, -0.05) is 0 Å². The molecule has 3 rings (SSSR count). The lowest BCUT2D eigenvalue weighted by Crippen LogP contribution is -2.73. The van der Waals surface area contributed by atoms with Gasteiger partial charge in [-0.3, -0.25) is 0 Å². The van der Waals surface area contributed by atoms with Crippen molar-refractivity contribution >= 4 is 16.1 Å². The van der Waals surface area contributed by atoms with E-state index in [2.05, 4.69) is 9.97 Å². The number of alkyl halides is 3. The van der Waals surface area contributed by atoms with Crippen molar-refractivity contribution in [3.63, 3.8) is 0 Å². The third-order valence-electron chi connectivity index (χ3n) is 4.50. The van der Waals surface area contributed by atoms with Gasteiger partial charge in [0, 0.05) is 31.6 Å². The molecule has 0 bridgehead atoms. The van der Waals surface area contributed by atoms with Crippen LogP contribution in [0.4, 0.5) is 18.0 Å². The number of amides is 1. The van der Waals surface area contributed by atoms with Crippen LogP contribution in [-0.4, -0.2) is 65.5 Å². The summed E-state index contributed by atoms with van der Waals surface area (Å²) in [5.41, 5.74) is -2.51. The van der Waals surface area contributed by atoms with Crippen molar-refractivity contribution < 1.29 is 31.1 Å². The van der Waals surface area contributed by atoms with E-state index in [1.807, 2.05) is 0 Å². The van der Waals surface area contributed by atoms with E-state index < -0.39 is 38.6 Å². The molecule has 0 aliphatic carbocycles. The molecule has 0 aromatic carbocycles. The van der Waals surface area contributed by atoms with Crippen molar-refractivity contribution in [2.75, 3.05) is 26.2 Å². The van der Waals surface area contributed by atoms with E-state index >= 15 is 0 Å². The van der Waals surface area contributed by atoms with Gasteiger partial charge < -0.3 is 9.64 Å². The number of likely N-dealkylation sites (tertiary alicyclic amines) is 1. The molecule has 8 nitrogen and oxygen atoms in total. The predicted molar refractivity (Wildman–Crippen MR) is 90.8 cm³/mol. The highest BCUT2D eigenvalue weighted by molar-refractivity contribution is 7.89. The minimum absolute atomic E-state index is 0.163. The summed E-state index contributed by atoms with van der Waals surface area (Å²) in [5, 5.41) is -0.487. The Kier molecular flexibility index (Phi) is 4.66. The number of sulfonamides is 1. The normalized spacial score (nSPS) is 19.9. The molecule has 1 amide bonds. The Balaban J connectivity index is 1.64. The predicted octanol–water partition coefficient (Wildman–Crippen LogP) is 2.05. The minimum Gasteiger partial charge on any atom is -0.444 e. The average Bonchev–Trinajstić information content (AvgIpc) is 2.40. The molecule has 12 heteroatoms. The maximum atomic E-state index is 12.7. The lowest BCUT2D eigenvalue weighted by molar-refractivity contribution is -0.141. The summed E-state index contributed by atoms with van der Waals surface area (Å²) in [6, 6.07) is 0. The Morgan fingerprint density at radius 2 is 1.75 bits per heavy atom. The number of hydrogen-bond donors (Lipinski definition) is 0. The van der Waals surface area contributed by atoms with Crippen LogP contribution >= 0.6 is 0 Å². The van der Waals surface area contributed by atoms with Crippen molar-refractivity contribution in [1.82, 2.24) is 19.2 Å². The summed E-state index contributed by atoms with van der Waals surface area (Å²) < 4.78 is 69.8. The second-order valence-electron chi connectivity index (χ2n) is 8.25. The first-order valence-electron chi connectivity index (χ1n) is 8.52. The molecule has 0 atom stereocenters. The SMILES string of the molecule is Cc1nc(C(F)(F)F)cnc1S(=O)(=O)N1CC2(CN(C(=O)OC(C)(C)C)C2)C1. The van der Waals surface area contributed by atoms with E-state index in [4.69, 9.17) is 4.74 Å². The number of halogens is 3. The van der Waals surface area contributed by atoms with Crippen LogP contribution in [0.5, 0.6) is 0 Å². The molecule has 2 aliphatic rings. The maximum Gasteiger partial charge on any atom is 0.434 e. The molecule has 156 valence electrons. The number of carbonyl (C=O) groups is 1. The standard InChI is InChI=1S/C16H21F3N4O4S/c1-10-12(20-5-11(21-10)16(17,18)19)28(25,26)23-8-15(9-23)6-22(7-15)13(24)27-14(2,3)4/h5H,6-9H2,1-4H3. The average molecular weight is 422 g/mol. The third-order valence-corrected chi connectivity index (χ3v) is 6.33. The van der Waals surface area contributed by atoms with Gasteiger partial charge in [-0.2, -0.15) is 17.5 Å². The maximum absolute atomic E-state index is 12.7. The topological polar surface area (TPSA) is 92.7 Å². The van der Waals surface area contributed by atoms with Crippen LogP contribution in [0.25, 0.3) is 0 Å². The van der Waals surface area contributed by atoms with Crippen LogP contribution in [-0.2, 0) is 20.9 Å². The number of carbonyl (C=O) groups excluding carboxylic acids is 1. The van der Waals surface area contributed by atoms with Gasteiger partial charge in [-0.15, -0.1) is 0 Å². The van der Waals surface area contributed by atoms with Crippen molar-refractivity contribution in [2.24, 2.45) is 5.41 Å². The number of aromatic nitrogens is 2. The van der Waals surface area contributed by atoms with Gasteiger partial charge >= 0.3 is 12.3 Å². The molecule has 2 saturated heterocycles. The Morgan fingerprint density at radius 3 is 2.21 bits per heavy atom. The fourth-order valence-electron chi connectivity index (χ4n) is 3.27. The van der Waals surface area contributed by atoms with Gasteiger partial charge in [0.05, 0.1) is 11.9 Å². The van der Waals surface area contributed by atoms with Crippen LogP contribution in [0, 0.1) is 12.3 Å². The molecule has 0 unspecified atom stereocenters. The van der Waals surface area contributed by atoms with Crippen LogP contribution < -0.4 is 0 Å². The third kappa shape index (κ3) is 3.79. The number of aryl methyl sites for hydroxylation is 1. The minimum atomic E-state index is -4.70. The number of nitrogens with zero attached hydrogens (tertiary/aromatic N) is 4. The molecule has 1 aromatic heterocycles. The van der Waals surface area contributed by atoms with E-state index in [1.165, 1.54) is 11.8 Å². The second kappa shape index (κ2) is 6.28. The van der Waals surface area contributed by atoms with Gasteiger partial charge in [-0.05, 0) is 27.7 Å². The largest absolute Gasteiger partial charge is 0.444 e. The van der Waals surface area contributed by atoms with Crippen LogP contribution in [0.15, 0.2) is 11.2 Å². The van der Waals surface area contributed by atoms with E-state index in [0.29, 0.717) is 19.3 Å². The molecule has 0 N–H and O–H groups in total. The van der Waals surface area contributed by atoms with Crippen LogP contribution in [0.2, 0.25) is 0 Å². The molecular formula is C16H21F3N4O4S. The molecule has 1 aromatic rings. The fraction of sp³-hybridized carbons (Fsp3) is 0.688. The fourth-order valence-corrected chi connectivity index (χ4v) is 5.01. The number of ether oxygens (including phenoxy) is 1. The quantitative estimate of drug-likeness (QED) is 0.724. The van der Waals surface area contributed by atoms with Gasteiger partial charge in [0.1, 0.15) is 5.60 Å². The highest BCUT2D eigenvalue weighted by Crippen LogP contribution is 2.42. The molecule has 2 fully saturated rings. The van der Waals surface area contributed by atoms with E-state index in [9.17, 15) is 26.4 Å². The van der Waals surface area contributed by atoms with Crippen LogP contribution in [0.1, 0.15) is 32.2 Å². The summed E-state index contributed by atoms with van der Waals surface area (Å²) in [7, 11) is -4.05. The number of hydrogen-bond acceptors (Lipinski definition) is 6. The summed E-state index contributed by atoms with van der Waals surface area (Å²) in [4.78, 5) is 20.3. The Bertz CT molecular complexity index is 897. The van der Waals surface area contributed by atoms with Gasteiger partial charge in [0.25, 0.3) is 10.0 Å². The van der Waals surface area contributed by atoms with Crippen LogP contribution in [0.3, 0.4) is 0 Å². The van der Waals surface area contributed by atoms with Gasteiger partial charge in [0.15, 0.2) is 10.7 Å². The first-order valence-corrected chi connectivity index (χ1v) is 9.96. The van der Waals surface area contributed by atoms with Gasteiger partial charge in [0.2, 0.25) is 0 Å². The molecule has 28 heavy (non-hydrogen) atoms. The van der Waals surface area contributed by atoms with Gasteiger partial charge in [-0.25, -0.2) is 23.2 Å². The monoisotopic (exact) mass is 422 g/mol. The first kappa shape index (κ1) is 20.8. The smallest absolute Gasteiger partial charge is 0.434 e. The lowest BCUT2D eigenvalue weighted by atomic mass is 9.75. The summed E-state index contributed by atoms with van der Waals surface area (Å²) in [6.07, 6.45) is -4.73. The second-order valence-corrected chi connectivity index (χ2v) is 10.1. The lowest BCUT2D eigenvalue weighted by Gasteiger charge is -2.58. The molecule has 3 heterocycles. The van der Waals surface area contributed by atoms with E-state index in [0.717, 1.165) is 4.31 Å². The Morgan fingerprint density at radius 1 is 1.18 bits per heavy atom. The zero-order chi connectivity index (χ0) is 21.1. The zero-order valence-corrected chi connectivity index (χ0v) is 16.7. The Labute approximate surface area is 160 Å². The summed E-state index contributed by atoms with van der Waals surface area (Å²) in [5.74, 6) is 0. The molecule has 1 spiro atoms. The van der Waals surface area contributed by atoms with Crippen molar-refractivity contribution in [3.8, 4) is 0 Å².